The van der Waals surface area contributed by atoms with Crippen LogP contribution in [-0.4, -0.2) is 63.8 Å². The van der Waals surface area contributed by atoms with Gasteiger partial charge in [-0.2, -0.15) is 0 Å². The lowest BCUT2D eigenvalue weighted by atomic mass is 10.0. The number of hydrogen-bond donors (Lipinski definition) is 2. The van der Waals surface area contributed by atoms with Gasteiger partial charge in [-0.1, -0.05) is 13.8 Å². The molecule has 2 N–H and O–H groups in total. The van der Waals surface area contributed by atoms with Gasteiger partial charge in [0.1, 0.15) is 0 Å². The summed E-state index contributed by atoms with van der Waals surface area (Å²) in [4.78, 5) is 7.03. The quantitative estimate of drug-likeness (QED) is 0.206. The molecule has 1 aliphatic carbocycles. The molecule has 1 saturated carbocycles. The van der Waals surface area contributed by atoms with Gasteiger partial charge in [-0.15, -0.1) is 24.0 Å². The number of rotatable bonds is 12. The third kappa shape index (κ3) is 12.3. The van der Waals surface area contributed by atoms with Crippen molar-refractivity contribution in [3.63, 3.8) is 0 Å². The second-order valence-electron chi connectivity index (χ2n) is 7.27. The van der Waals surface area contributed by atoms with Crippen molar-refractivity contribution < 1.29 is 4.74 Å². The van der Waals surface area contributed by atoms with E-state index >= 15 is 0 Å². The molecule has 144 valence electrons. The zero-order valence-corrected chi connectivity index (χ0v) is 18.6. The highest BCUT2D eigenvalue weighted by molar-refractivity contribution is 14.0. The Labute approximate surface area is 166 Å². The van der Waals surface area contributed by atoms with Gasteiger partial charge in [-0.3, -0.25) is 4.99 Å². The summed E-state index contributed by atoms with van der Waals surface area (Å²) in [5, 5.41) is 6.74. The van der Waals surface area contributed by atoms with Gasteiger partial charge in [-0.05, 0) is 58.5 Å². The van der Waals surface area contributed by atoms with Gasteiger partial charge >= 0.3 is 0 Å². The Morgan fingerprint density at radius 1 is 1.25 bits per heavy atom. The van der Waals surface area contributed by atoms with Crippen LogP contribution in [0.15, 0.2) is 4.99 Å². The highest BCUT2D eigenvalue weighted by Crippen LogP contribution is 2.28. The molecule has 0 saturated heterocycles. The first-order valence-electron chi connectivity index (χ1n) is 9.29. The zero-order chi connectivity index (χ0) is 17.1. The van der Waals surface area contributed by atoms with Gasteiger partial charge in [-0.25, -0.2) is 0 Å². The van der Waals surface area contributed by atoms with Crippen molar-refractivity contribution in [3.05, 3.63) is 0 Å². The van der Waals surface area contributed by atoms with Crippen LogP contribution in [0.4, 0.5) is 0 Å². The monoisotopic (exact) mass is 454 g/mol. The molecule has 6 heteroatoms. The van der Waals surface area contributed by atoms with Crippen LogP contribution in [0.2, 0.25) is 0 Å². The third-order valence-electron chi connectivity index (χ3n) is 4.09. The van der Waals surface area contributed by atoms with Crippen LogP contribution >= 0.6 is 24.0 Å². The molecule has 0 amide bonds. The lowest BCUT2D eigenvalue weighted by Crippen LogP contribution is -2.40. The van der Waals surface area contributed by atoms with Crippen LogP contribution in [0, 0.1) is 11.8 Å². The first-order valence-corrected chi connectivity index (χ1v) is 9.29. The Morgan fingerprint density at radius 2 is 1.96 bits per heavy atom. The van der Waals surface area contributed by atoms with Gasteiger partial charge in [0.25, 0.3) is 0 Å². The molecular formula is C18H39IN4O. The molecule has 1 unspecified atom stereocenters. The predicted molar refractivity (Wildman–Crippen MR) is 114 cm³/mol. The molecule has 0 spiro atoms. The molecule has 0 bridgehead atoms. The smallest absolute Gasteiger partial charge is 0.191 e. The fourth-order valence-corrected chi connectivity index (χ4v) is 2.45. The summed E-state index contributed by atoms with van der Waals surface area (Å²) in [5.74, 6) is 2.47. The Morgan fingerprint density at radius 3 is 2.50 bits per heavy atom. The Hall–Kier alpha value is -0.0800. The lowest BCUT2D eigenvalue weighted by molar-refractivity contribution is 0.123. The summed E-state index contributed by atoms with van der Waals surface area (Å²) in [6.45, 7) is 11.1. The van der Waals surface area contributed by atoms with E-state index < -0.39 is 0 Å². The fourth-order valence-electron chi connectivity index (χ4n) is 2.45. The Balaban J connectivity index is 0.00000529. The molecule has 5 nitrogen and oxygen atoms in total. The van der Waals surface area contributed by atoms with E-state index in [1.165, 1.54) is 19.3 Å². The fraction of sp³-hybridized carbons (Fsp3) is 0.944. The first kappa shape index (κ1) is 23.9. The van der Waals surface area contributed by atoms with Crippen molar-refractivity contribution >= 4 is 29.9 Å². The molecule has 0 aromatic rings. The van der Waals surface area contributed by atoms with Crippen molar-refractivity contribution in [1.82, 2.24) is 15.5 Å². The van der Waals surface area contributed by atoms with Gasteiger partial charge in [0.05, 0.1) is 6.54 Å². The maximum absolute atomic E-state index is 5.67. The summed E-state index contributed by atoms with van der Waals surface area (Å²) in [5.41, 5.74) is 0. The summed E-state index contributed by atoms with van der Waals surface area (Å²) in [6.07, 6.45) is 4.92. The van der Waals surface area contributed by atoms with E-state index in [-0.39, 0.29) is 24.0 Å². The number of hydrogen-bond acceptors (Lipinski definition) is 3. The molecule has 1 fully saturated rings. The largest absolute Gasteiger partial charge is 0.381 e. The molecule has 1 aliphatic rings. The number of nitrogens with one attached hydrogen (secondary N) is 2. The molecule has 1 rings (SSSR count). The maximum atomic E-state index is 5.67. The van der Waals surface area contributed by atoms with E-state index in [0.717, 1.165) is 51.1 Å². The second-order valence-corrected chi connectivity index (χ2v) is 7.27. The number of guanidine groups is 1. The highest BCUT2D eigenvalue weighted by Gasteiger charge is 2.20. The average Bonchev–Trinajstić information content (AvgIpc) is 3.30. The molecule has 0 heterocycles. The minimum atomic E-state index is 0. The van der Waals surface area contributed by atoms with E-state index in [9.17, 15) is 0 Å². The number of aliphatic imine (C=N–C) groups is 1. The molecule has 0 aromatic carbocycles. The average molecular weight is 454 g/mol. The third-order valence-corrected chi connectivity index (χ3v) is 4.09. The van der Waals surface area contributed by atoms with Gasteiger partial charge in [0.2, 0.25) is 0 Å². The van der Waals surface area contributed by atoms with Crippen molar-refractivity contribution in [1.29, 1.82) is 0 Å². The summed E-state index contributed by atoms with van der Waals surface area (Å²) >= 11 is 0. The van der Waals surface area contributed by atoms with Crippen LogP contribution in [-0.2, 0) is 4.74 Å². The van der Waals surface area contributed by atoms with E-state index in [2.05, 4.69) is 50.4 Å². The highest BCUT2D eigenvalue weighted by atomic mass is 127. The standard InChI is InChI=1S/C18H38N4O.HI/c1-6-19-18(20-10-7-11-23-14-16-8-9-16)21-13-17(22(4)5)12-15(2)3;/h15-17H,6-14H2,1-5H3,(H2,19,20,21);1H. The topological polar surface area (TPSA) is 48.9 Å². The van der Waals surface area contributed by atoms with E-state index in [4.69, 9.17) is 9.73 Å². The van der Waals surface area contributed by atoms with Crippen LogP contribution in [0.5, 0.6) is 0 Å². The van der Waals surface area contributed by atoms with Gasteiger partial charge in [0.15, 0.2) is 5.96 Å². The van der Waals surface area contributed by atoms with Crippen molar-refractivity contribution in [2.24, 2.45) is 16.8 Å². The van der Waals surface area contributed by atoms with Crippen LogP contribution in [0.3, 0.4) is 0 Å². The number of halogens is 1. The molecule has 0 aliphatic heterocycles. The second kappa shape index (κ2) is 14.1. The number of nitrogens with zero attached hydrogens (tertiary/aromatic N) is 2. The molecular weight excluding hydrogens is 415 g/mol. The normalized spacial score (nSPS) is 16.2. The van der Waals surface area contributed by atoms with Gasteiger partial charge in [0, 0.05) is 32.3 Å². The Kier molecular flexibility index (Phi) is 14.1. The number of ether oxygens (including phenoxy) is 1. The van der Waals surface area contributed by atoms with Crippen LogP contribution in [0.25, 0.3) is 0 Å². The van der Waals surface area contributed by atoms with Crippen LogP contribution < -0.4 is 10.6 Å². The van der Waals surface area contributed by atoms with Crippen molar-refractivity contribution in [2.75, 3.05) is 46.9 Å². The van der Waals surface area contributed by atoms with E-state index in [1.807, 2.05) is 0 Å². The maximum Gasteiger partial charge on any atom is 0.191 e. The van der Waals surface area contributed by atoms with Gasteiger partial charge < -0.3 is 20.3 Å². The van der Waals surface area contributed by atoms with Crippen molar-refractivity contribution in [2.45, 2.75) is 52.5 Å². The summed E-state index contributed by atoms with van der Waals surface area (Å²) in [7, 11) is 4.28. The van der Waals surface area contributed by atoms with Crippen LogP contribution in [0.1, 0.15) is 46.5 Å². The summed E-state index contributed by atoms with van der Waals surface area (Å²) < 4.78 is 5.67. The molecule has 0 aromatic heterocycles. The zero-order valence-electron chi connectivity index (χ0n) is 16.3. The minimum absolute atomic E-state index is 0. The molecule has 1 atom stereocenters. The predicted octanol–water partition coefficient (Wildman–Crippen LogP) is 2.95. The first-order chi connectivity index (χ1) is 11.0. The SMILES string of the molecule is CCNC(=NCC(CC(C)C)N(C)C)NCCCOCC1CC1.I. The molecule has 0 radical (unpaired) electrons. The Bertz CT molecular complexity index is 333. The van der Waals surface area contributed by atoms with E-state index in [1.54, 1.807) is 0 Å². The molecule has 24 heavy (non-hydrogen) atoms. The minimum Gasteiger partial charge on any atom is -0.381 e. The summed E-state index contributed by atoms with van der Waals surface area (Å²) in [6, 6.07) is 0.493. The number of likely N-dealkylation sites (N-methyl/N-ethyl adjacent to an activating group) is 1. The lowest BCUT2D eigenvalue weighted by Gasteiger charge is -2.24. The van der Waals surface area contributed by atoms with Crippen molar-refractivity contribution in [3.8, 4) is 0 Å². The van der Waals surface area contributed by atoms with E-state index in [0.29, 0.717) is 12.0 Å².